The van der Waals surface area contributed by atoms with Gasteiger partial charge in [-0.05, 0) is 26.8 Å². The Labute approximate surface area is 110 Å². The van der Waals surface area contributed by atoms with Crippen LogP contribution in [-0.2, 0) is 16.1 Å². The van der Waals surface area contributed by atoms with Gasteiger partial charge in [-0.2, -0.15) is 0 Å². The van der Waals surface area contributed by atoms with Crippen LogP contribution in [0.5, 0.6) is 0 Å². The molecule has 0 aliphatic heterocycles. The zero-order valence-corrected chi connectivity index (χ0v) is 11.6. The summed E-state index contributed by atoms with van der Waals surface area (Å²) in [6.45, 7) is 6.12. The second kappa shape index (κ2) is 5.97. The van der Waals surface area contributed by atoms with Gasteiger partial charge < -0.3 is 15.8 Å². The molecule has 1 amide bonds. The van der Waals surface area contributed by atoms with E-state index in [1.807, 2.05) is 20.8 Å². The zero-order valence-electron chi connectivity index (χ0n) is 10.8. The van der Waals surface area contributed by atoms with Gasteiger partial charge in [-0.25, -0.2) is 0 Å². The molecule has 3 N–H and O–H groups in total. The fourth-order valence-corrected chi connectivity index (χ4v) is 2.11. The van der Waals surface area contributed by atoms with Gasteiger partial charge in [0.1, 0.15) is 5.60 Å². The van der Waals surface area contributed by atoms with E-state index in [-0.39, 0.29) is 12.5 Å². The molecule has 5 nitrogen and oxygen atoms in total. The van der Waals surface area contributed by atoms with E-state index in [0.29, 0.717) is 12.1 Å². The highest BCUT2D eigenvalue weighted by molar-refractivity contribution is 7.10. The smallest absolute Gasteiger partial charge is 0.320 e. The third-order valence-corrected chi connectivity index (χ3v) is 2.86. The number of nitrogens with two attached hydrogens (primary N) is 1. The molecule has 1 heterocycles. The molecule has 100 valence electrons. The molecule has 18 heavy (non-hydrogen) atoms. The van der Waals surface area contributed by atoms with Crippen LogP contribution < -0.4 is 11.1 Å². The van der Waals surface area contributed by atoms with Gasteiger partial charge in [0.05, 0.1) is 12.1 Å². The van der Waals surface area contributed by atoms with E-state index in [9.17, 15) is 9.59 Å². The molecule has 1 aromatic rings. The first-order valence-corrected chi connectivity index (χ1v) is 6.45. The number of primary amides is 1. The summed E-state index contributed by atoms with van der Waals surface area (Å²) in [5, 5.41) is 4.66. The van der Waals surface area contributed by atoms with Gasteiger partial charge >= 0.3 is 5.97 Å². The van der Waals surface area contributed by atoms with Crippen LogP contribution in [0.1, 0.15) is 36.0 Å². The maximum absolute atomic E-state index is 11.4. The minimum atomic E-state index is -0.471. The van der Waals surface area contributed by atoms with Crippen molar-refractivity contribution in [2.75, 3.05) is 6.54 Å². The summed E-state index contributed by atoms with van der Waals surface area (Å²) < 4.78 is 5.15. The largest absolute Gasteiger partial charge is 0.459 e. The standard InChI is InChI=1S/C12H18N2O3S/c1-12(2,3)17-10(15)6-14-5-9-4-8(7-18-9)11(13)16/h4,7,14H,5-6H2,1-3H3,(H2,13,16). The van der Waals surface area contributed by atoms with Gasteiger partial charge in [0.15, 0.2) is 0 Å². The van der Waals surface area contributed by atoms with Crippen molar-refractivity contribution in [3.8, 4) is 0 Å². The monoisotopic (exact) mass is 270 g/mol. The van der Waals surface area contributed by atoms with Crippen molar-refractivity contribution in [3.05, 3.63) is 21.9 Å². The molecule has 0 spiro atoms. The predicted octanol–water partition coefficient (Wildman–Crippen LogP) is 1.28. The highest BCUT2D eigenvalue weighted by atomic mass is 32.1. The summed E-state index contributed by atoms with van der Waals surface area (Å²) in [5.41, 5.74) is 5.17. The quantitative estimate of drug-likeness (QED) is 0.790. The molecular formula is C12H18N2O3S. The summed E-state index contributed by atoms with van der Waals surface area (Å²) in [7, 11) is 0. The molecule has 0 atom stereocenters. The Balaban J connectivity index is 2.33. The van der Waals surface area contributed by atoms with Gasteiger partial charge in [-0.1, -0.05) is 0 Å². The molecule has 0 saturated carbocycles. The molecule has 0 radical (unpaired) electrons. The van der Waals surface area contributed by atoms with Crippen LogP contribution >= 0.6 is 11.3 Å². The Morgan fingerprint density at radius 2 is 2.11 bits per heavy atom. The second-order valence-electron chi connectivity index (χ2n) is 4.86. The number of rotatable bonds is 5. The minimum absolute atomic E-state index is 0.140. The molecule has 0 aromatic carbocycles. The van der Waals surface area contributed by atoms with Gasteiger partial charge in [-0.15, -0.1) is 11.3 Å². The molecular weight excluding hydrogens is 252 g/mol. The van der Waals surface area contributed by atoms with Crippen LogP contribution in [-0.4, -0.2) is 24.0 Å². The van der Waals surface area contributed by atoms with Crippen LogP contribution in [0, 0.1) is 0 Å². The minimum Gasteiger partial charge on any atom is -0.459 e. The van der Waals surface area contributed by atoms with Crippen molar-refractivity contribution in [2.24, 2.45) is 5.73 Å². The first-order valence-electron chi connectivity index (χ1n) is 5.58. The van der Waals surface area contributed by atoms with Gasteiger partial charge in [0, 0.05) is 16.8 Å². The number of thiophene rings is 1. The molecule has 0 unspecified atom stereocenters. The average molecular weight is 270 g/mol. The second-order valence-corrected chi connectivity index (χ2v) is 5.85. The Morgan fingerprint density at radius 3 is 2.61 bits per heavy atom. The number of hydrogen-bond acceptors (Lipinski definition) is 5. The number of amides is 1. The maximum atomic E-state index is 11.4. The molecule has 1 rings (SSSR count). The van der Waals surface area contributed by atoms with Crippen LogP contribution in [0.4, 0.5) is 0 Å². The molecule has 0 aliphatic carbocycles. The van der Waals surface area contributed by atoms with E-state index in [4.69, 9.17) is 10.5 Å². The van der Waals surface area contributed by atoms with Gasteiger partial charge in [-0.3, -0.25) is 9.59 Å². The molecule has 0 aliphatic rings. The zero-order chi connectivity index (χ0) is 13.8. The van der Waals surface area contributed by atoms with Crippen molar-refractivity contribution in [2.45, 2.75) is 32.9 Å². The van der Waals surface area contributed by atoms with E-state index in [1.54, 1.807) is 11.4 Å². The Kier molecular flexibility index (Phi) is 4.86. The fourth-order valence-electron chi connectivity index (χ4n) is 1.27. The van der Waals surface area contributed by atoms with Crippen molar-refractivity contribution in [1.82, 2.24) is 5.32 Å². The summed E-state index contributed by atoms with van der Waals surface area (Å²) in [4.78, 5) is 23.2. The maximum Gasteiger partial charge on any atom is 0.320 e. The van der Waals surface area contributed by atoms with Crippen molar-refractivity contribution in [3.63, 3.8) is 0 Å². The molecule has 0 bridgehead atoms. The number of esters is 1. The van der Waals surface area contributed by atoms with Crippen LogP contribution in [0.2, 0.25) is 0 Å². The first kappa shape index (κ1) is 14.7. The lowest BCUT2D eigenvalue weighted by molar-refractivity contribution is -0.153. The number of ether oxygens (including phenoxy) is 1. The van der Waals surface area contributed by atoms with Crippen LogP contribution in [0.15, 0.2) is 11.4 Å². The number of carbonyl (C=O) groups is 2. The Hall–Kier alpha value is -1.40. The summed E-state index contributed by atoms with van der Waals surface area (Å²) in [5.74, 6) is -0.737. The van der Waals surface area contributed by atoms with Crippen LogP contribution in [0.3, 0.4) is 0 Å². The lowest BCUT2D eigenvalue weighted by Crippen LogP contribution is -2.31. The summed E-state index contributed by atoms with van der Waals surface area (Å²) in [6.07, 6.45) is 0. The highest BCUT2D eigenvalue weighted by Crippen LogP contribution is 2.13. The van der Waals surface area contributed by atoms with E-state index >= 15 is 0 Å². The number of nitrogens with one attached hydrogen (secondary N) is 1. The topological polar surface area (TPSA) is 81.4 Å². The van der Waals surface area contributed by atoms with E-state index < -0.39 is 11.5 Å². The van der Waals surface area contributed by atoms with E-state index in [2.05, 4.69) is 5.32 Å². The lowest BCUT2D eigenvalue weighted by Gasteiger charge is -2.19. The Morgan fingerprint density at radius 1 is 1.44 bits per heavy atom. The molecule has 1 aromatic heterocycles. The third-order valence-electron chi connectivity index (χ3n) is 1.93. The van der Waals surface area contributed by atoms with Crippen molar-refractivity contribution >= 4 is 23.2 Å². The molecule has 0 fully saturated rings. The summed E-state index contributed by atoms with van der Waals surface area (Å²) >= 11 is 1.43. The van der Waals surface area contributed by atoms with Crippen molar-refractivity contribution in [1.29, 1.82) is 0 Å². The highest BCUT2D eigenvalue weighted by Gasteiger charge is 2.15. The summed E-state index contributed by atoms with van der Waals surface area (Å²) in [6, 6.07) is 1.72. The molecule has 6 heteroatoms. The SMILES string of the molecule is CC(C)(C)OC(=O)CNCc1cc(C(N)=O)cs1. The number of carbonyl (C=O) groups excluding carboxylic acids is 2. The first-order chi connectivity index (χ1) is 8.28. The van der Waals surface area contributed by atoms with E-state index in [1.165, 1.54) is 11.3 Å². The average Bonchev–Trinajstić information content (AvgIpc) is 2.63. The normalized spacial score (nSPS) is 11.3. The number of hydrogen-bond donors (Lipinski definition) is 2. The molecule has 0 saturated heterocycles. The van der Waals surface area contributed by atoms with E-state index in [0.717, 1.165) is 4.88 Å². The Bertz CT molecular complexity index is 435. The van der Waals surface area contributed by atoms with Gasteiger partial charge in [0.25, 0.3) is 0 Å². The van der Waals surface area contributed by atoms with Gasteiger partial charge in [0.2, 0.25) is 5.91 Å². The van der Waals surface area contributed by atoms with Crippen LogP contribution in [0.25, 0.3) is 0 Å². The van der Waals surface area contributed by atoms with Crippen molar-refractivity contribution < 1.29 is 14.3 Å². The third kappa shape index (κ3) is 5.29. The predicted molar refractivity (Wildman–Crippen MR) is 70.4 cm³/mol. The fraction of sp³-hybridized carbons (Fsp3) is 0.500. The lowest BCUT2D eigenvalue weighted by atomic mass is 10.2.